The number of piperidine rings is 1. The molecule has 0 unspecified atom stereocenters. The Morgan fingerprint density at radius 1 is 1.31 bits per heavy atom. The van der Waals surface area contributed by atoms with Crippen LogP contribution in [0.25, 0.3) is 5.52 Å². The van der Waals surface area contributed by atoms with Gasteiger partial charge < -0.3 is 10.0 Å². The Kier molecular flexibility index (Phi) is 4.80. The van der Waals surface area contributed by atoms with Crippen LogP contribution in [0, 0.1) is 0 Å². The quantitative estimate of drug-likeness (QED) is 0.856. The molecule has 2 fully saturated rings. The molecule has 1 aliphatic carbocycles. The molecule has 7 nitrogen and oxygen atoms in total. The van der Waals surface area contributed by atoms with Gasteiger partial charge in [-0.25, -0.2) is 9.50 Å². The van der Waals surface area contributed by atoms with Gasteiger partial charge in [-0.3, -0.25) is 9.69 Å². The molecule has 0 radical (unpaired) electrons. The third kappa shape index (κ3) is 3.28. The fourth-order valence-corrected chi connectivity index (χ4v) is 4.19. The van der Waals surface area contributed by atoms with E-state index in [1.807, 2.05) is 23.8 Å². The Bertz CT molecular complexity index is 777. The van der Waals surface area contributed by atoms with Crippen LogP contribution in [-0.2, 0) is 4.79 Å². The number of hydrogen-bond donors (Lipinski definition) is 1. The first kappa shape index (κ1) is 17.3. The van der Waals surface area contributed by atoms with Gasteiger partial charge in [0.2, 0.25) is 0 Å². The number of carboxylic acid groups (broad SMARTS) is 1. The summed E-state index contributed by atoms with van der Waals surface area (Å²) in [6.07, 6.45) is 9.49. The summed E-state index contributed by atoms with van der Waals surface area (Å²) in [5.74, 6) is 0.872. The Hall–Kier alpha value is -2.15. The Morgan fingerprint density at radius 3 is 2.69 bits per heavy atom. The van der Waals surface area contributed by atoms with Crippen LogP contribution in [0.3, 0.4) is 0 Å². The van der Waals surface area contributed by atoms with Crippen LogP contribution in [-0.4, -0.2) is 62.8 Å². The van der Waals surface area contributed by atoms with Crippen LogP contribution < -0.4 is 4.90 Å². The second-order valence-corrected chi connectivity index (χ2v) is 7.45. The van der Waals surface area contributed by atoms with Gasteiger partial charge in [-0.2, -0.15) is 5.10 Å². The number of hydrogen-bond acceptors (Lipinski definition) is 5. The molecule has 0 amide bonds. The van der Waals surface area contributed by atoms with E-state index in [9.17, 15) is 4.79 Å². The summed E-state index contributed by atoms with van der Waals surface area (Å²) in [7, 11) is 0. The van der Waals surface area contributed by atoms with E-state index < -0.39 is 5.97 Å². The molecule has 26 heavy (non-hydrogen) atoms. The van der Waals surface area contributed by atoms with E-state index in [1.54, 1.807) is 0 Å². The fraction of sp³-hybridized carbons (Fsp3) is 0.632. The Balaban J connectivity index is 1.49. The molecule has 140 valence electrons. The molecule has 1 saturated heterocycles. The molecule has 3 heterocycles. The fourth-order valence-electron chi connectivity index (χ4n) is 4.19. The minimum Gasteiger partial charge on any atom is -0.480 e. The highest BCUT2D eigenvalue weighted by Gasteiger charge is 2.28. The zero-order valence-electron chi connectivity index (χ0n) is 15.3. The average molecular weight is 357 g/mol. The van der Waals surface area contributed by atoms with Crippen molar-refractivity contribution in [3.05, 3.63) is 24.2 Å². The summed E-state index contributed by atoms with van der Waals surface area (Å²) in [6.45, 7) is 4.74. The van der Waals surface area contributed by atoms with Crippen molar-refractivity contribution in [1.29, 1.82) is 0 Å². The van der Waals surface area contributed by atoms with Crippen molar-refractivity contribution in [2.24, 2.45) is 0 Å². The van der Waals surface area contributed by atoms with E-state index in [0.717, 1.165) is 43.8 Å². The lowest BCUT2D eigenvalue weighted by atomic mass is 9.83. The molecule has 0 bridgehead atoms. The number of carboxylic acids is 1. The molecule has 1 saturated carbocycles. The van der Waals surface area contributed by atoms with Crippen molar-refractivity contribution < 1.29 is 9.90 Å². The molecule has 0 spiro atoms. The Labute approximate surface area is 153 Å². The smallest absolute Gasteiger partial charge is 0.317 e. The number of aliphatic carboxylic acids is 1. The van der Waals surface area contributed by atoms with Gasteiger partial charge in [0.25, 0.3) is 0 Å². The number of fused-ring (bicyclic) bond motifs is 1. The summed E-state index contributed by atoms with van der Waals surface area (Å²) in [4.78, 5) is 20.1. The zero-order chi connectivity index (χ0) is 18.1. The number of nitrogens with zero attached hydrogens (tertiary/aromatic N) is 5. The van der Waals surface area contributed by atoms with Crippen molar-refractivity contribution >= 4 is 17.3 Å². The van der Waals surface area contributed by atoms with Crippen LogP contribution in [0.4, 0.5) is 5.82 Å². The monoisotopic (exact) mass is 357 g/mol. The lowest BCUT2D eigenvalue weighted by Gasteiger charge is -2.38. The first-order valence-electron chi connectivity index (χ1n) is 9.70. The summed E-state index contributed by atoms with van der Waals surface area (Å²) in [5, 5.41) is 13.9. The molecule has 2 aliphatic rings. The molecular formula is C19H27N5O2. The van der Waals surface area contributed by atoms with Gasteiger partial charge in [-0.1, -0.05) is 13.3 Å². The highest BCUT2D eigenvalue weighted by molar-refractivity contribution is 5.70. The second-order valence-electron chi connectivity index (χ2n) is 7.45. The third-order valence-corrected chi connectivity index (χ3v) is 5.94. The lowest BCUT2D eigenvalue weighted by molar-refractivity contribution is -0.139. The highest BCUT2D eigenvalue weighted by atomic mass is 16.4. The maximum absolute atomic E-state index is 11.1. The molecule has 4 rings (SSSR count). The average Bonchev–Trinajstić information content (AvgIpc) is 3.01. The van der Waals surface area contributed by atoms with Gasteiger partial charge >= 0.3 is 5.97 Å². The molecule has 1 N–H and O–H groups in total. The molecular weight excluding hydrogens is 330 g/mol. The van der Waals surface area contributed by atoms with Crippen molar-refractivity contribution in [2.45, 2.75) is 51.0 Å². The molecule has 1 aliphatic heterocycles. The van der Waals surface area contributed by atoms with E-state index in [4.69, 9.17) is 10.2 Å². The van der Waals surface area contributed by atoms with Crippen molar-refractivity contribution in [3.8, 4) is 0 Å². The van der Waals surface area contributed by atoms with Crippen LogP contribution in [0.15, 0.2) is 18.5 Å². The normalized spacial score (nSPS) is 19.2. The molecule has 2 aromatic heterocycles. The standard InChI is InChI=1S/C19H27N5O2/c1-2-22(13-18(25)26)15-6-9-23(10-7-15)19-17-12-16(14-4-3-5-14)21-24(17)11-8-20-19/h8,11-12,14-15H,2-7,9-10,13H2,1H3,(H,25,26). The van der Waals surface area contributed by atoms with Crippen LogP contribution in [0.5, 0.6) is 0 Å². The van der Waals surface area contributed by atoms with Gasteiger partial charge in [-0.15, -0.1) is 0 Å². The topological polar surface area (TPSA) is 74.0 Å². The molecule has 2 aromatic rings. The molecule has 7 heteroatoms. The second kappa shape index (κ2) is 7.23. The van der Waals surface area contributed by atoms with Gasteiger partial charge in [0, 0.05) is 37.4 Å². The molecule has 0 aromatic carbocycles. The van der Waals surface area contributed by atoms with Gasteiger partial charge in [0.05, 0.1) is 12.2 Å². The largest absolute Gasteiger partial charge is 0.480 e. The third-order valence-electron chi connectivity index (χ3n) is 5.94. The molecule has 0 atom stereocenters. The minimum absolute atomic E-state index is 0.127. The number of aromatic nitrogens is 3. The number of rotatable bonds is 6. The Morgan fingerprint density at radius 2 is 2.08 bits per heavy atom. The van der Waals surface area contributed by atoms with Crippen LogP contribution >= 0.6 is 0 Å². The predicted octanol–water partition coefficient (Wildman–Crippen LogP) is 2.37. The van der Waals surface area contributed by atoms with Crippen molar-refractivity contribution in [2.75, 3.05) is 31.1 Å². The number of anilines is 1. The summed E-state index contributed by atoms with van der Waals surface area (Å²) in [5.41, 5.74) is 2.28. The van der Waals surface area contributed by atoms with Crippen LogP contribution in [0.1, 0.15) is 50.6 Å². The maximum atomic E-state index is 11.1. The summed E-state index contributed by atoms with van der Waals surface area (Å²) in [6, 6.07) is 2.55. The predicted molar refractivity (Wildman–Crippen MR) is 99.7 cm³/mol. The van der Waals surface area contributed by atoms with Crippen molar-refractivity contribution in [1.82, 2.24) is 19.5 Å². The minimum atomic E-state index is -0.747. The van der Waals surface area contributed by atoms with Crippen molar-refractivity contribution in [3.63, 3.8) is 0 Å². The number of carbonyl (C=O) groups is 1. The number of likely N-dealkylation sites (N-methyl/N-ethyl adjacent to an activating group) is 1. The van der Waals surface area contributed by atoms with Gasteiger partial charge in [0.1, 0.15) is 5.52 Å². The van der Waals surface area contributed by atoms with Gasteiger partial charge in [-0.05, 0) is 38.3 Å². The lowest BCUT2D eigenvalue weighted by Crippen LogP contribution is -2.46. The van der Waals surface area contributed by atoms with Gasteiger partial charge in [0.15, 0.2) is 5.82 Å². The zero-order valence-corrected chi connectivity index (χ0v) is 15.3. The van der Waals surface area contributed by atoms with Crippen LogP contribution in [0.2, 0.25) is 0 Å². The summed E-state index contributed by atoms with van der Waals surface area (Å²) >= 11 is 0. The highest BCUT2D eigenvalue weighted by Crippen LogP contribution is 2.37. The van der Waals surface area contributed by atoms with E-state index in [0.29, 0.717) is 12.0 Å². The summed E-state index contributed by atoms with van der Waals surface area (Å²) < 4.78 is 1.96. The van der Waals surface area contributed by atoms with E-state index in [-0.39, 0.29) is 6.54 Å². The van der Waals surface area contributed by atoms with E-state index >= 15 is 0 Å². The van der Waals surface area contributed by atoms with E-state index in [1.165, 1.54) is 25.0 Å². The first-order valence-corrected chi connectivity index (χ1v) is 9.70. The maximum Gasteiger partial charge on any atom is 0.317 e. The SMILES string of the molecule is CCN(CC(=O)O)C1CCN(c2nccn3nc(C4CCC4)cc23)CC1. The van der Waals surface area contributed by atoms with E-state index in [2.05, 4.69) is 20.9 Å². The first-order chi connectivity index (χ1) is 12.7.